The number of halogens is 2. The van der Waals surface area contributed by atoms with E-state index in [9.17, 15) is 18.7 Å². The van der Waals surface area contributed by atoms with Crippen molar-refractivity contribution in [3.63, 3.8) is 0 Å². The lowest BCUT2D eigenvalue weighted by Crippen LogP contribution is -2.38. The Hall–Kier alpha value is -1.69. The quantitative estimate of drug-likeness (QED) is 0.754. The summed E-state index contributed by atoms with van der Waals surface area (Å²) < 4.78 is 27.2. The van der Waals surface area contributed by atoms with Crippen molar-refractivity contribution in [2.45, 2.75) is 44.2 Å². The number of aliphatic hydroxyl groups is 1. The smallest absolute Gasteiger partial charge is 0.315 e. The molecule has 0 spiro atoms. The topological polar surface area (TPSA) is 61.4 Å². The third kappa shape index (κ3) is 4.14. The SMILES string of the molecule is CCC(O)CCNC(=O)NC1CC1c1c(F)cccc1F. The molecule has 1 fully saturated rings. The molecule has 1 aromatic carbocycles. The third-order valence-electron chi connectivity index (χ3n) is 3.71. The van der Waals surface area contributed by atoms with Crippen LogP contribution in [-0.2, 0) is 0 Å². The van der Waals surface area contributed by atoms with Crippen molar-refractivity contribution in [2.75, 3.05) is 6.54 Å². The monoisotopic (exact) mass is 298 g/mol. The fourth-order valence-electron chi connectivity index (χ4n) is 2.31. The fraction of sp³-hybridized carbons (Fsp3) is 0.533. The molecule has 1 aliphatic rings. The number of carbonyl (C=O) groups is 1. The maximum absolute atomic E-state index is 13.6. The summed E-state index contributed by atoms with van der Waals surface area (Å²) in [4.78, 5) is 11.6. The van der Waals surface area contributed by atoms with Crippen LogP contribution in [0.1, 0.15) is 37.7 Å². The van der Waals surface area contributed by atoms with Gasteiger partial charge in [-0.25, -0.2) is 13.6 Å². The van der Waals surface area contributed by atoms with Gasteiger partial charge in [0.1, 0.15) is 11.6 Å². The Balaban J connectivity index is 1.78. The zero-order chi connectivity index (χ0) is 15.4. The van der Waals surface area contributed by atoms with Crippen LogP contribution in [0, 0.1) is 11.6 Å². The molecule has 0 bridgehead atoms. The number of urea groups is 1. The predicted octanol–water partition coefficient (Wildman–Crippen LogP) is 2.28. The molecule has 0 aromatic heterocycles. The van der Waals surface area contributed by atoms with Gasteiger partial charge in [-0.05, 0) is 31.4 Å². The van der Waals surface area contributed by atoms with E-state index in [1.54, 1.807) is 0 Å². The van der Waals surface area contributed by atoms with E-state index in [4.69, 9.17) is 0 Å². The van der Waals surface area contributed by atoms with Gasteiger partial charge in [-0.2, -0.15) is 0 Å². The molecule has 0 heterocycles. The molecule has 1 aliphatic carbocycles. The Morgan fingerprint density at radius 2 is 2.10 bits per heavy atom. The van der Waals surface area contributed by atoms with E-state index in [-0.39, 0.29) is 23.6 Å². The summed E-state index contributed by atoms with van der Waals surface area (Å²) in [5, 5.41) is 14.7. The van der Waals surface area contributed by atoms with Gasteiger partial charge in [-0.15, -0.1) is 0 Å². The molecule has 1 saturated carbocycles. The van der Waals surface area contributed by atoms with E-state index in [1.165, 1.54) is 18.2 Å². The van der Waals surface area contributed by atoms with Crippen molar-refractivity contribution in [1.82, 2.24) is 10.6 Å². The van der Waals surface area contributed by atoms with Crippen molar-refractivity contribution in [3.05, 3.63) is 35.4 Å². The summed E-state index contributed by atoms with van der Waals surface area (Å²) in [6, 6.07) is 3.15. The minimum atomic E-state index is -0.573. The van der Waals surface area contributed by atoms with Crippen molar-refractivity contribution >= 4 is 6.03 Å². The van der Waals surface area contributed by atoms with Gasteiger partial charge in [0.25, 0.3) is 0 Å². The molecular weight excluding hydrogens is 278 g/mol. The maximum Gasteiger partial charge on any atom is 0.315 e. The van der Waals surface area contributed by atoms with Gasteiger partial charge in [0.15, 0.2) is 0 Å². The van der Waals surface area contributed by atoms with E-state index in [0.717, 1.165) is 0 Å². The lowest BCUT2D eigenvalue weighted by atomic mass is 10.1. The van der Waals surface area contributed by atoms with E-state index < -0.39 is 17.7 Å². The van der Waals surface area contributed by atoms with Gasteiger partial charge in [-0.1, -0.05) is 13.0 Å². The second kappa shape index (κ2) is 6.85. The second-order valence-corrected chi connectivity index (χ2v) is 5.34. The van der Waals surface area contributed by atoms with E-state index in [1.807, 2.05) is 6.92 Å². The zero-order valence-corrected chi connectivity index (χ0v) is 11.9. The van der Waals surface area contributed by atoms with Gasteiger partial charge < -0.3 is 15.7 Å². The number of hydrogen-bond donors (Lipinski definition) is 3. The molecule has 1 aromatic rings. The minimum Gasteiger partial charge on any atom is -0.393 e. The molecule has 2 amide bonds. The number of hydrogen-bond acceptors (Lipinski definition) is 2. The lowest BCUT2D eigenvalue weighted by molar-refractivity contribution is 0.160. The molecule has 3 N–H and O–H groups in total. The molecule has 3 unspecified atom stereocenters. The first-order valence-electron chi connectivity index (χ1n) is 7.19. The van der Waals surface area contributed by atoms with Crippen molar-refractivity contribution in [1.29, 1.82) is 0 Å². The molecule has 0 radical (unpaired) electrons. The molecule has 116 valence electrons. The number of amides is 2. The Morgan fingerprint density at radius 1 is 1.43 bits per heavy atom. The summed E-state index contributed by atoms with van der Waals surface area (Å²) in [6.07, 6.45) is 1.23. The van der Waals surface area contributed by atoms with Crippen molar-refractivity contribution in [3.8, 4) is 0 Å². The van der Waals surface area contributed by atoms with Crippen LogP contribution in [0.4, 0.5) is 13.6 Å². The van der Waals surface area contributed by atoms with Crippen LogP contribution < -0.4 is 10.6 Å². The van der Waals surface area contributed by atoms with Gasteiger partial charge in [0.05, 0.1) is 6.10 Å². The fourth-order valence-corrected chi connectivity index (χ4v) is 2.31. The van der Waals surface area contributed by atoms with Crippen LogP contribution in [0.2, 0.25) is 0 Å². The number of rotatable bonds is 6. The Kier molecular flexibility index (Phi) is 5.12. The van der Waals surface area contributed by atoms with Crippen LogP contribution in [0.3, 0.4) is 0 Å². The standard InChI is InChI=1S/C15H20F2N2O2/c1-2-9(20)6-7-18-15(21)19-13-8-10(13)14-11(16)4-3-5-12(14)17/h3-5,9-10,13,20H,2,6-8H2,1H3,(H2,18,19,21). The molecular formula is C15H20F2N2O2. The minimum absolute atomic E-state index is 0.0456. The lowest BCUT2D eigenvalue weighted by Gasteiger charge is -2.10. The average molecular weight is 298 g/mol. The Morgan fingerprint density at radius 3 is 2.71 bits per heavy atom. The summed E-state index contributed by atoms with van der Waals surface area (Å²) >= 11 is 0. The van der Waals surface area contributed by atoms with Crippen LogP contribution in [0.25, 0.3) is 0 Å². The predicted molar refractivity (Wildman–Crippen MR) is 75.0 cm³/mol. The molecule has 3 atom stereocenters. The van der Waals surface area contributed by atoms with Gasteiger partial charge in [0, 0.05) is 24.1 Å². The van der Waals surface area contributed by atoms with Crippen molar-refractivity contribution < 1.29 is 18.7 Å². The van der Waals surface area contributed by atoms with Crippen LogP contribution in [0.15, 0.2) is 18.2 Å². The van der Waals surface area contributed by atoms with E-state index in [2.05, 4.69) is 10.6 Å². The Labute approximate surface area is 122 Å². The maximum atomic E-state index is 13.6. The number of aliphatic hydroxyl groups excluding tert-OH is 1. The average Bonchev–Trinajstić information content (AvgIpc) is 3.17. The van der Waals surface area contributed by atoms with Gasteiger partial charge >= 0.3 is 6.03 Å². The van der Waals surface area contributed by atoms with Crippen molar-refractivity contribution in [2.24, 2.45) is 0 Å². The third-order valence-corrected chi connectivity index (χ3v) is 3.71. The second-order valence-electron chi connectivity index (χ2n) is 5.34. The highest BCUT2D eigenvalue weighted by atomic mass is 19.1. The summed E-state index contributed by atoms with van der Waals surface area (Å²) in [5.74, 6) is -1.45. The summed E-state index contributed by atoms with van der Waals surface area (Å²) in [7, 11) is 0. The highest BCUT2D eigenvalue weighted by Gasteiger charge is 2.42. The first-order valence-corrected chi connectivity index (χ1v) is 7.19. The largest absolute Gasteiger partial charge is 0.393 e. The van der Waals surface area contributed by atoms with E-state index in [0.29, 0.717) is 25.8 Å². The summed E-state index contributed by atoms with van der Waals surface area (Å²) in [5.41, 5.74) is 0.0456. The normalized spacial score (nSPS) is 21.7. The molecule has 21 heavy (non-hydrogen) atoms. The first kappa shape index (κ1) is 15.7. The van der Waals surface area contributed by atoms with Gasteiger partial charge in [-0.3, -0.25) is 0 Å². The Bertz CT molecular complexity index is 490. The zero-order valence-electron chi connectivity index (χ0n) is 11.9. The first-order chi connectivity index (χ1) is 10.0. The van der Waals surface area contributed by atoms with Crippen LogP contribution in [-0.4, -0.2) is 29.8 Å². The number of nitrogens with one attached hydrogen (secondary N) is 2. The molecule has 4 nitrogen and oxygen atoms in total. The highest BCUT2D eigenvalue weighted by Crippen LogP contribution is 2.42. The molecule has 0 saturated heterocycles. The number of carbonyl (C=O) groups excluding carboxylic acids is 1. The number of benzene rings is 1. The molecule has 2 rings (SSSR count). The van der Waals surface area contributed by atoms with Crippen LogP contribution in [0.5, 0.6) is 0 Å². The summed E-state index contributed by atoms with van der Waals surface area (Å²) in [6.45, 7) is 2.23. The van der Waals surface area contributed by atoms with Crippen LogP contribution >= 0.6 is 0 Å². The highest BCUT2D eigenvalue weighted by molar-refractivity contribution is 5.74. The molecule has 6 heteroatoms. The van der Waals surface area contributed by atoms with E-state index >= 15 is 0 Å². The van der Waals surface area contributed by atoms with Gasteiger partial charge in [0.2, 0.25) is 0 Å². The molecule has 0 aliphatic heterocycles.